The van der Waals surface area contributed by atoms with Crippen LogP contribution in [0, 0.1) is 12.7 Å². The van der Waals surface area contributed by atoms with Gasteiger partial charge in [0.05, 0.1) is 19.1 Å². The molecule has 2 rings (SSSR count). The molecule has 7 nitrogen and oxygen atoms in total. The maximum atomic E-state index is 13.9. The van der Waals surface area contributed by atoms with Gasteiger partial charge in [-0.1, -0.05) is 12.1 Å². The van der Waals surface area contributed by atoms with E-state index in [1.54, 1.807) is 12.1 Å². The molecule has 0 bridgehead atoms. The molecule has 1 amide bonds. The lowest BCUT2D eigenvalue weighted by Crippen LogP contribution is -2.28. The molecule has 9 heteroatoms. The molecule has 2 aromatic carbocycles. The molecular formula is C18H21FN2O5S. The van der Waals surface area contributed by atoms with Gasteiger partial charge in [0, 0.05) is 6.54 Å². The first kappa shape index (κ1) is 20.5. The smallest absolute Gasteiger partial charge is 0.258 e. The monoisotopic (exact) mass is 396 g/mol. The van der Waals surface area contributed by atoms with Gasteiger partial charge in [-0.15, -0.1) is 0 Å². The first-order valence-corrected chi connectivity index (χ1v) is 9.87. The summed E-state index contributed by atoms with van der Waals surface area (Å²) >= 11 is 0. The number of carbonyl (C=O) groups excluding carboxylic acids is 1. The Hall–Kier alpha value is -2.81. The van der Waals surface area contributed by atoms with Crippen LogP contribution in [0.25, 0.3) is 0 Å². The van der Waals surface area contributed by atoms with Gasteiger partial charge in [0.15, 0.2) is 18.1 Å². The van der Waals surface area contributed by atoms with Crippen molar-refractivity contribution < 1.29 is 27.1 Å². The second-order valence-electron chi connectivity index (χ2n) is 5.91. The summed E-state index contributed by atoms with van der Waals surface area (Å²) in [5, 5.41) is 2.60. The number of carbonyl (C=O) groups is 1. The minimum absolute atomic E-state index is 0.0727. The normalized spacial score (nSPS) is 11.0. The van der Waals surface area contributed by atoms with E-state index >= 15 is 0 Å². The zero-order valence-electron chi connectivity index (χ0n) is 15.2. The number of nitrogens with one attached hydrogen (secondary N) is 2. The summed E-state index contributed by atoms with van der Waals surface area (Å²) in [5.41, 5.74) is 1.33. The molecule has 0 aliphatic carbocycles. The zero-order chi connectivity index (χ0) is 20.0. The Balaban J connectivity index is 1.89. The number of methoxy groups -OCH3 is 1. The SMILES string of the molecule is COc1cc(C)ccc1OCC(=O)NCc1ccc(NS(C)(=O)=O)c(F)c1. The van der Waals surface area contributed by atoms with Gasteiger partial charge in [0.25, 0.3) is 5.91 Å². The standard InChI is InChI=1S/C18H21FN2O5S/c1-12-4-7-16(17(8-12)25-2)26-11-18(22)20-10-13-5-6-15(14(19)9-13)21-27(3,23)24/h4-9,21H,10-11H2,1-3H3,(H,20,22). The number of rotatable bonds is 8. The van der Waals surface area contributed by atoms with Crippen molar-refractivity contribution >= 4 is 21.6 Å². The summed E-state index contributed by atoms with van der Waals surface area (Å²) in [6.07, 6.45) is 0.934. The van der Waals surface area contributed by atoms with Crippen LogP contribution in [0.2, 0.25) is 0 Å². The van der Waals surface area contributed by atoms with Crippen LogP contribution < -0.4 is 19.5 Å². The molecule has 0 saturated carbocycles. The van der Waals surface area contributed by atoms with Crippen LogP contribution in [0.1, 0.15) is 11.1 Å². The maximum Gasteiger partial charge on any atom is 0.258 e. The van der Waals surface area contributed by atoms with Gasteiger partial charge < -0.3 is 14.8 Å². The third kappa shape index (κ3) is 6.45. The van der Waals surface area contributed by atoms with Crippen molar-refractivity contribution in [2.45, 2.75) is 13.5 Å². The number of aryl methyl sites for hydroxylation is 1. The molecule has 0 fully saturated rings. The molecule has 0 aliphatic rings. The molecule has 0 heterocycles. The van der Waals surface area contributed by atoms with E-state index in [2.05, 4.69) is 10.0 Å². The highest BCUT2D eigenvalue weighted by atomic mass is 32.2. The highest BCUT2D eigenvalue weighted by Gasteiger charge is 2.10. The fraction of sp³-hybridized carbons (Fsp3) is 0.278. The van der Waals surface area contributed by atoms with E-state index in [0.717, 1.165) is 17.9 Å². The van der Waals surface area contributed by atoms with Crippen molar-refractivity contribution in [1.82, 2.24) is 5.32 Å². The molecule has 0 unspecified atom stereocenters. The molecule has 27 heavy (non-hydrogen) atoms. The molecule has 146 valence electrons. The van der Waals surface area contributed by atoms with Crippen LogP contribution in [0.3, 0.4) is 0 Å². The fourth-order valence-electron chi connectivity index (χ4n) is 2.24. The molecule has 2 N–H and O–H groups in total. The Morgan fingerprint density at radius 2 is 1.89 bits per heavy atom. The summed E-state index contributed by atoms with van der Waals surface area (Å²) in [4.78, 5) is 11.9. The van der Waals surface area contributed by atoms with Gasteiger partial charge in [0.1, 0.15) is 5.82 Å². The Labute approximate surface area is 157 Å². The second-order valence-corrected chi connectivity index (χ2v) is 7.66. The van der Waals surface area contributed by atoms with Crippen LogP contribution in [0.4, 0.5) is 10.1 Å². The number of benzene rings is 2. The van der Waals surface area contributed by atoms with Crippen molar-refractivity contribution in [3.63, 3.8) is 0 Å². The predicted octanol–water partition coefficient (Wildman–Crippen LogP) is 2.21. The highest BCUT2D eigenvalue weighted by molar-refractivity contribution is 7.92. The molecule has 0 saturated heterocycles. The number of amides is 1. The Kier molecular flexibility index (Phi) is 6.62. The van der Waals surface area contributed by atoms with E-state index in [4.69, 9.17) is 9.47 Å². The first-order chi connectivity index (χ1) is 12.7. The number of hydrogen-bond acceptors (Lipinski definition) is 5. The van der Waals surface area contributed by atoms with Crippen molar-refractivity contribution in [2.75, 3.05) is 24.7 Å². The quantitative estimate of drug-likeness (QED) is 0.714. The van der Waals surface area contributed by atoms with Crippen LogP contribution in [0.15, 0.2) is 36.4 Å². The van der Waals surface area contributed by atoms with Crippen LogP contribution in [0.5, 0.6) is 11.5 Å². The molecule has 2 aromatic rings. The molecule has 0 aliphatic heterocycles. The summed E-state index contributed by atoms with van der Waals surface area (Å²) < 4.78 is 48.9. The van der Waals surface area contributed by atoms with Crippen molar-refractivity contribution in [3.05, 3.63) is 53.3 Å². The number of ether oxygens (including phenoxy) is 2. The van der Waals surface area contributed by atoms with E-state index in [9.17, 15) is 17.6 Å². The molecular weight excluding hydrogens is 375 g/mol. The average Bonchev–Trinajstić information content (AvgIpc) is 2.59. The number of hydrogen-bond donors (Lipinski definition) is 2. The molecule has 0 radical (unpaired) electrons. The van der Waals surface area contributed by atoms with E-state index in [0.29, 0.717) is 17.1 Å². The predicted molar refractivity (Wildman–Crippen MR) is 99.9 cm³/mol. The van der Waals surface area contributed by atoms with Gasteiger partial charge in [-0.2, -0.15) is 0 Å². The first-order valence-electron chi connectivity index (χ1n) is 7.98. The Bertz CT molecular complexity index is 931. The topological polar surface area (TPSA) is 93.7 Å². The molecule has 0 aromatic heterocycles. The van der Waals surface area contributed by atoms with Crippen molar-refractivity contribution in [3.8, 4) is 11.5 Å². The highest BCUT2D eigenvalue weighted by Crippen LogP contribution is 2.27. The van der Waals surface area contributed by atoms with Crippen LogP contribution in [-0.2, 0) is 21.4 Å². The molecule has 0 atom stereocenters. The molecule has 0 spiro atoms. The van der Waals surface area contributed by atoms with E-state index in [-0.39, 0.29) is 18.8 Å². The average molecular weight is 396 g/mol. The summed E-state index contributed by atoms with van der Waals surface area (Å²) in [6, 6.07) is 9.31. The minimum Gasteiger partial charge on any atom is -0.493 e. The van der Waals surface area contributed by atoms with E-state index in [1.165, 1.54) is 19.2 Å². The van der Waals surface area contributed by atoms with Gasteiger partial charge in [-0.05, 0) is 42.3 Å². The largest absolute Gasteiger partial charge is 0.493 e. The lowest BCUT2D eigenvalue weighted by molar-refractivity contribution is -0.123. The Morgan fingerprint density at radius 1 is 1.15 bits per heavy atom. The lowest BCUT2D eigenvalue weighted by atomic mass is 10.2. The third-order valence-corrected chi connectivity index (χ3v) is 4.09. The Morgan fingerprint density at radius 3 is 2.52 bits per heavy atom. The number of anilines is 1. The van der Waals surface area contributed by atoms with Crippen LogP contribution >= 0.6 is 0 Å². The lowest BCUT2D eigenvalue weighted by Gasteiger charge is -2.12. The zero-order valence-corrected chi connectivity index (χ0v) is 16.0. The van der Waals surface area contributed by atoms with Gasteiger partial charge in [-0.3, -0.25) is 9.52 Å². The van der Waals surface area contributed by atoms with Crippen molar-refractivity contribution in [1.29, 1.82) is 0 Å². The minimum atomic E-state index is -3.57. The van der Waals surface area contributed by atoms with Gasteiger partial charge >= 0.3 is 0 Å². The summed E-state index contributed by atoms with van der Waals surface area (Å²) in [7, 11) is -2.05. The van der Waals surface area contributed by atoms with E-state index < -0.39 is 21.7 Å². The third-order valence-electron chi connectivity index (χ3n) is 3.50. The van der Waals surface area contributed by atoms with Gasteiger partial charge in [-0.25, -0.2) is 12.8 Å². The number of sulfonamides is 1. The summed E-state index contributed by atoms with van der Waals surface area (Å²) in [5.74, 6) is -0.150. The number of halogens is 1. The maximum absolute atomic E-state index is 13.9. The van der Waals surface area contributed by atoms with Crippen LogP contribution in [-0.4, -0.2) is 34.3 Å². The van der Waals surface area contributed by atoms with E-state index in [1.807, 2.05) is 13.0 Å². The summed E-state index contributed by atoms with van der Waals surface area (Å²) in [6.45, 7) is 1.76. The van der Waals surface area contributed by atoms with Gasteiger partial charge in [0.2, 0.25) is 10.0 Å². The fourth-order valence-corrected chi connectivity index (χ4v) is 2.81. The second kappa shape index (κ2) is 8.72. The van der Waals surface area contributed by atoms with Crippen molar-refractivity contribution in [2.24, 2.45) is 0 Å².